The molecule has 0 amide bonds. The van der Waals surface area contributed by atoms with Crippen molar-refractivity contribution in [3.8, 4) is 0 Å². The lowest BCUT2D eigenvalue weighted by Crippen LogP contribution is -2.25. The molecule has 3 heteroatoms. The molecule has 2 nitrogen and oxygen atoms in total. The zero-order valence-corrected chi connectivity index (χ0v) is 12.6. The number of thiazole rings is 1. The topological polar surface area (TPSA) is 16.1 Å². The normalized spacial score (nSPS) is 20.7. The maximum Gasteiger partial charge on any atom is 0.111 e. The predicted octanol–water partition coefficient (Wildman–Crippen LogP) is 4.48. The number of nitrogens with zero attached hydrogens (tertiary/aromatic N) is 2. The number of hydrogen-bond acceptors (Lipinski definition) is 3. The molecule has 19 heavy (non-hydrogen) atoms. The average Bonchev–Trinajstić information content (AvgIpc) is 3.02. The molecule has 1 saturated heterocycles. The van der Waals surface area contributed by atoms with Crippen molar-refractivity contribution in [3.63, 3.8) is 0 Å². The first-order valence-corrected chi connectivity index (χ1v) is 8.15. The fraction of sp³-hybridized carbons (Fsp3) is 0.562. The van der Waals surface area contributed by atoms with Gasteiger partial charge in [0.1, 0.15) is 5.01 Å². The van der Waals surface area contributed by atoms with E-state index >= 15 is 0 Å². The van der Waals surface area contributed by atoms with Crippen LogP contribution in [0.5, 0.6) is 0 Å². The molecule has 102 valence electrons. The minimum Gasteiger partial charge on any atom is -0.294 e. The number of fused-ring (bicyclic) bond motifs is 1. The Kier molecular flexibility index (Phi) is 3.85. The molecule has 0 saturated carbocycles. The summed E-state index contributed by atoms with van der Waals surface area (Å²) in [7, 11) is 0. The molecule has 1 atom stereocenters. The third-order valence-corrected chi connectivity index (χ3v) is 5.09. The predicted molar refractivity (Wildman–Crippen MR) is 82.6 cm³/mol. The molecule has 2 aromatic rings. The summed E-state index contributed by atoms with van der Waals surface area (Å²) in [5, 5.41) is 1.32. The van der Waals surface area contributed by atoms with Gasteiger partial charge in [-0.15, -0.1) is 11.3 Å². The highest BCUT2D eigenvalue weighted by molar-refractivity contribution is 7.18. The molecule has 2 heterocycles. The van der Waals surface area contributed by atoms with Crippen LogP contribution >= 0.6 is 11.3 Å². The van der Waals surface area contributed by atoms with E-state index in [1.807, 2.05) is 11.3 Å². The lowest BCUT2D eigenvalue weighted by Gasteiger charge is -2.23. The van der Waals surface area contributed by atoms with Crippen molar-refractivity contribution >= 4 is 21.6 Å². The maximum absolute atomic E-state index is 4.85. The van der Waals surface area contributed by atoms with Crippen molar-refractivity contribution in [3.05, 3.63) is 29.3 Å². The van der Waals surface area contributed by atoms with Gasteiger partial charge < -0.3 is 0 Å². The van der Waals surface area contributed by atoms with E-state index in [0.29, 0.717) is 6.04 Å². The lowest BCUT2D eigenvalue weighted by molar-refractivity contribution is 0.242. The van der Waals surface area contributed by atoms with Gasteiger partial charge in [-0.25, -0.2) is 4.98 Å². The molecule has 1 aromatic carbocycles. The fourth-order valence-electron chi connectivity index (χ4n) is 2.83. The van der Waals surface area contributed by atoms with Crippen molar-refractivity contribution in [2.75, 3.05) is 13.1 Å². The van der Waals surface area contributed by atoms with Gasteiger partial charge in [-0.3, -0.25) is 4.90 Å². The fourth-order valence-corrected chi connectivity index (χ4v) is 3.97. The molecule has 1 aromatic heterocycles. The molecule has 1 fully saturated rings. The standard InChI is InChI=1S/C16H22N2S/c1-12(2)9-11-18-10-5-7-14(18)16-17-13-6-3-4-8-15(13)19-16/h3-4,6,8,12,14H,5,7,9-11H2,1-2H3. The van der Waals surface area contributed by atoms with Crippen LogP contribution in [-0.2, 0) is 0 Å². The molecule has 0 radical (unpaired) electrons. The molecule has 0 aliphatic carbocycles. The van der Waals surface area contributed by atoms with E-state index in [2.05, 4.69) is 43.0 Å². The van der Waals surface area contributed by atoms with Crippen molar-refractivity contribution in [1.82, 2.24) is 9.88 Å². The third kappa shape index (κ3) is 2.82. The van der Waals surface area contributed by atoms with Crippen LogP contribution < -0.4 is 0 Å². The summed E-state index contributed by atoms with van der Waals surface area (Å²) in [6, 6.07) is 9.07. The van der Waals surface area contributed by atoms with E-state index in [0.717, 1.165) is 5.92 Å². The average molecular weight is 274 g/mol. The molecule has 0 spiro atoms. The number of likely N-dealkylation sites (tertiary alicyclic amines) is 1. The van der Waals surface area contributed by atoms with Crippen LogP contribution in [0.15, 0.2) is 24.3 Å². The molecule has 1 aliphatic heterocycles. The summed E-state index contributed by atoms with van der Waals surface area (Å²) in [6.07, 6.45) is 3.89. The van der Waals surface area contributed by atoms with Gasteiger partial charge in [0.15, 0.2) is 0 Å². The van der Waals surface area contributed by atoms with Gasteiger partial charge in [-0.05, 0) is 50.4 Å². The second-order valence-corrected chi connectivity index (χ2v) is 6.96. The van der Waals surface area contributed by atoms with Gasteiger partial charge in [0.05, 0.1) is 16.3 Å². The van der Waals surface area contributed by atoms with Crippen LogP contribution in [0.1, 0.15) is 44.2 Å². The summed E-state index contributed by atoms with van der Waals surface area (Å²) in [6.45, 7) is 7.08. The summed E-state index contributed by atoms with van der Waals surface area (Å²) in [5.41, 5.74) is 1.17. The highest BCUT2D eigenvalue weighted by atomic mass is 32.1. The Hall–Kier alpha value is -0.930. The number of aromatic nitrogens is 1. The van der Waals surface area contributed by atoms with E-state index < -0.39 is 0 Å². The smallest absolute Gasteiger partial charge is 0.111 e. The quantitative estimate of drug-likeness (QED) is 0.817. The summed E-state index contributed by atoms with van der Waals surface area (Å²) >= 11 is 1.88. The van der Waals surface area contributed by atoms with E-state index in [4.69, 9.17) is 4.98 Å². The molecule has 0 bridgehead atoms. The van der Waals surface area contributed by atoms with Gasteiger partial charge in [0.25, 0.3) is 0 Å². The molecule has 1 aliphatic rings. The van der Waals surface area contributed by atoms with Crippen LogP contribution in [0.4, 0.5) is 0 Å². The third-order valence-electron chi connectivity index (χ3n) is 3.95. The number of rotatable bonds is 4. The monoisotopic (exact) mass is 274 g/mol. The minimum atomic E-state index is 0.566. The number of para-hydroxylation sites is 1. The van der Waals surface area contributed by atoms with Crippen molar-refractivity contribution in [2.45, 2.75) is 39.2 Å². The summed E-state index contributed by atoms with van der Waals surface area (Å²) in [4.78, 5) is 7.49. The van der Waals surface area contributed by atoms with Gasteiger partial charge in [0.2, 0.25) is 0 Å². The van der Waals surface area contributed by atoms with Crippen LogP contribution in [0.25, 0.3) is 10.2 Å². The Morgan fingerprint density at radius 3 is 3.00 bits per heavy atom. The highest BCUT2D eigenvalue weighted by Gasteiger charge is 2.28. The molecule has 0 N–H and O–H groups in total. The Labute approximate surface area is 119 Å². The second kappa shape index (κ2) is 5.59. The SMILES string of the molecule is CC(C)CCN1CCCC1c1nc2ccccc2s1. The van der Waals surface area contributed by atoms with Gasteiger partial charge in [-0.1, -0.05) is 26.0 Å². The van der Waals surface area contributed by atoms with E-state index in [-0.39, 0.29) is 0 Å². The molecule has 3 rings (SSSR count). The van der Waals surface area contributed by atoms with E-state index in [1.165, 1.54) is 47.6 Å². The number of benzene rings is 1. The number of hydrogen-bond donors (Lipinski definition) is 0. The Balaban J connectivity index is 1.79. The van der Waals surface area contributed by atoms with E-state index in [1.54, 1.807) is 0 Å². The van der Waals surface area contributed by atoms with E-state index in [9.17, 15) is 0 Å². The van der Waals surface area contributed by atoms with Gasteiger partial charge in [0, 0.05) is 0 Å². The van der Waals surface area contributed by atoms with Crippen molar-refractivity contribution in [1.29, 1.82) is 0 Å². The van der Waals surface area contributed by atoms with Crippen LogP contribution in [-0.4, -0.2) is 23.0 Å². The highest BCUT2D eigenvalue weighted by Crippen LogP contribution is 2.36. The zero-order valence-electron chi connectivity index (χ0n) is 11.8. The Morgan fingerprint density at radius 1 is 1.37 bits per heavy atom. The first-order chi connectivity index (χ1) is 9.24. The van der Waals surface area contributed by atoms with Crippen molar-refractivity contribution in [2.24, 2.45) is 5.92 Å². The molecular formula is C16H22N2S. The molecule has 1 unspecified atom stereocenters. The summed E-state index contributed by atoms with van der Waals surface area (Å²) < 4.78 is 1.33. The zero-order chi connectivity index (χ0) is 13.2. The van der Waals surface area contributed by atoms with Crippen LogP contribution in [0.3, 0.4) is 0 Å². The first-order valence-electron chi connectivity index (χ1n) is 7.33. The lowest BCUT2D eigenvalue weighted by atomic mass is 10.1. The maximum atomic E-state index is 4.85. The van der Waals surface area contributed by atoms with Gasteiger partial charge >= 0.3 is 0 Å². The summed E-state index contributed by atoms with van der Waals surface area (Å²) in [5.74, 6) is 0.789. The Bertz CT molecular complexity index is 513. The minimum absolute atomic E-state index is 0.566. The molecular weight excluding hydrogens is 252 g/mol. The first kappa shape index (κ1) is 13.1. The second-order valence-electron chi connectivity index (χ2n) is 5.90. The van der Waals surface area contributed by atoms with Gasteiger partial charge in [-0.2, -0.15) is 0 Å². The largest absolute Gasteiger partial charge is 0.294 e. The Morgan fingerprint density at radius 2 is 2.21 bits per heavy atom. The van der Waals surface area contributed by atoms with Crippen LogP contribution in [0.2, 0.25) is 0 Å². The van der Waals surface area contributed by atoms with Crippen molar-refractivity contribution < 1.29 is 0 Å². The van der Waals surface area contributed by atoms with Crippen LogP contribution in [0, 0.1) is 5.92 Å².